The zero-order valence-corrected chi connectivity index (χ0v) is 13.5. The van der Waals surface area contributed by atoms with Crippen LogP contribution in [0.4, 0.5) is 0 Å². The number of carbonyl (C=O) groups is 1. The number of ether oxygens (including phenoxy) is 1. The van der Waals surface area contributed by atoms with Gasteiger partial charge in [0, 0.05) is 5.56 Å². The molecule has 116 valence electrons. The lowest BCUT2D eigenvalue weighted by atomic mass is 9.95. The summed E-state index contributed by atoms with van der Waals surface area (Å²) in [5.41, 5.74) is 2.16. The summed E-state index contributed by atoms with van der Waals surface area (Å²) < 4.78 is 5.85. The molecular formula is C21H20O2. The Morgan fingerprint density at radius 3 is 2.43 bits per heavy atom. The minimum absolute atomic E-state index is 0.162. The Morgan fingerprint density at radius 1 is 1.17 bits per heavy atom. The van der Waals surface area contributed by atoms with Crippen molar-refractivity contribution in [1.29, 1.82) is 0 Å². The predicted octanol–water partition coefficient (Wildman–Crippen LogP) is 4.30. The molecule has 0 amide bonds. The summed E-state index contributed by atoms with van der Waals surface area (Å²) >= 11 is 0. The molecule has 23 heavy (non-hydrogen) atoms. The molecule has 0 aliphatic rings. The highest BCUT2D eigenvalue weighted by Gasteiger charge is 2.22. The van der Waals surface area contributed by atoms with Gasteiger partial charge in [0.1, 0.15) is 12.2 Å². The largest absolute Gasteiger partial charge is 0.354 e. The fourth-order valence-electron chi connectivity index (χ4n) is 2.11. The molecule has 0 aliphatic carbocycles. The maximum atomic E-state index is 11.9. The van der Waals surface area contributed by atoms with E-state index in [4.69, 9.17) is 4.74 Å². The predicted molar refractivity (Wildman–Crippen MR) is 93.2 cm³/mol. The van der Waals surface area contributed by atoms with Gasteiger partial charge in [-0.1, -0.05) is 78.7 Å². The van der Waals surface area contributed by atoms with E-state index in [-0.39, 0.29) is 12.4 Å². The van der Waals surface area contributed by atoms with Crippen LogP contribution >= 0.6 is 0 Å². The number of hydrogen-bond donors (Lipinski definition) is 0. The van der Waals surface area contributed by atoms with Crippen LogP contribution in [0, 0.1) is 18.8 Å². The zero-order valence-electron chi connectivity index (χ0n) is 13.5. The lowest BCUT2D eigenvalue weighted by molar-refractivity contribution is 0.0239. The van der Waals surface area contributed by atoms with Crippen LogP contribution in [0.15, 0.2) is 67.3 Å². The number of aryl methyl sites for hydroxylation is 1. The van der Waals surface area contributed by atoms with Crippen LogP contribution in [-0.2, 0) is 10.3 Å². The first-order valence-electron chi connectivity index (χ1n) is 7.48. The van der Waals surface area contributed by atoms with Gasteiger partial charge >= 0.3 is 0 Å². The third-order valence-electron chi connectivity index (χ3n) is 3.70. The zero-order chi connectivity index (χ0) is 16.7. The number of carbonyl (C=O) groups excluding carboxylic acids is 1. The molecule has 0 radical (unpaired) electrons. The SMILES string of the molecule is C=CC(C)(OCC#CC(=O)c1ccccc1)c1ccc(C)cc1. The van der Waals surface area contributed by atoms with Crippen LogP contribution in [0.1, 0.15) is 28.4 Å². The molecule has 1 unspecified atom stereocenters. The summed E-state index contributed by atoms with van der Waals surface area (Å²) in [6.07, 6.45) is 1.75. The summed E-state index contributed by atoms with van der Waals surface area (Å²) in [7, 11) is 0. The fourth-order valence-corrected chi connectivity index (χ4v) is 2.11. The summed E-state index contributed by atoms with van der Waals surface area (Å²) in [6.45, 7) is 7.99. The molecule has 0 aliphatic heterocycles. The van der Waals surface area contributed by atoms with E-state index in [1.165, 1.54) is 5.56 Å². The van der Waals surface area contributed by atoms with Crippen molar-refractivity contribution in [1.82, 2.24) is 0 Å². The van der Waals surface area contributed by atoms with Crippen molar-refractivity contribution in [2.75, 3.05) is 6.61 Å². The molecule has 2 aromatic rings. The topological polar surface area (TPSA) is 26.3 Å². The molecule has 2 rings (SSSR count). The van der Waals surface area contributed by atoms with Gasteiger partial charge in [-0.2, -0.15) is 0 Å². The standard InChI is InChI=1S/C21H20O2/c1-4-21(3,19-14-12-17(2)13-15-19)23-16-8-11-20(22)18-9-6-5-7-10-18/h4-7,9-10,12-15H,1,16H2,2-3H3. The van der Waals surface area contributed by atoms with Crippen molar-refractivity contribution in [2.45, 2.75) is 19.4 Å². The van der Waals surface area contributed by atoms with Crippen molar-refractivity contribution < 1.29 is 9.53 Å². The van der Waals surface area contributed by atoms with Gasteiger partial charge in [0.15, 0.2) is 0 Å². The summed E-state index contributed by atoms with van der Waals surface area (Å²) in [6, 6.07) is 17.1. The first kappa shape index (κ1) is 16.7. The second-order valence-corrected chi connectivity index (χ2v) is 5.46. The molecular weight excluding hydrogens is 284 g/mol. The minimum Gasteiger partial charge on any atom is -0.354 e. The van der Waals surface area contributed by atoms with Crippen LogP contribution in [0.25, 0.3) is 0 Å². The van der Waals surface area contributed by atoms with E-state index in [2.05, 4.69) is 18.4 Å². The van der Waals surface area contributed by atoms with Crippen LogP contribution in [0.2, 0.25) is 0 Å². The molecule has 0 fully saturated rings. The lowest BCUT2D eigenvalue weighted by Gasteiger charge is -2.26. The number of rotatable bonds is 5. The highest BCUT2D eigenvalue weighted by molar-refractivity contribution is 6.08. The lowest BCUT2D eigenvalue weighted by Crippen LogP contribution is -2.23. The third-order valence-corrected chi connectivity index (χ3v) is 3.70. The number of benzene rings is 2. The Labute approximate surface area is 137 Å². The fraction of sp³-hybridized carbons (Fsp3) is 0.190. The Bertz CT molecular complexity index is 733. The Kier molecular flexibility index (Phi) is 5.51. The maximum Gasteiger partial charge on any atom is 0.235 e. The first-order chi connectivity index (χ1) is 11.0. The smallest absolute Gasteiger partial charge is 0.235 e. The van der Waals surface area contributed by atoms with Crippen molar-refractivity contribution in [2.24, 2.45) is 0 Å². The van der Waals surface area contributed by atoms with E-state index in [0.717, 1.165) is 5.56 Å². The molecule has 0 spiro atoms. The molecule has 0 heterocycles. The van der Waals surface area contributed by atoms with Crippen molar-refractivity contribution in [3.05, 3.63) is 83.9 Å². The highest BCUT2D eigenvalue weighted by Crippen LogP contribution is 2.26. The molecule has 2 aromatic carbocycles. The van der Waals surface area contributed by atoms with Gasteiger partial charge in [-0.25, -0.2) is 0 Å². The monoisotopic (exact) mass is 304 g/mol. The first-order valence-corrected chi connectivity index (χ1v) is 7.48. The quantitative estimate of drug-likeness (QED) is 0.356. The maximum absolute atomic E-state index is 11.9. The third kappa shape index (κ3) is 4.42. The van der Waals surface area contributed by atoms with Crippen LogP contribution in [-0.4, -0.2) is 12.4 Å². The van der Waals surface area contributed by atoms with Crippen molar-refractivity contribution in [3.8, 4) is 11.8 Å². The van der Waals surface area contributed by atoms with Crippen molar-refractivity contribution in [3.63, 3.8) is 0 Å². The van der Waals surface area contributed by atoms with E-state index >= 15 is 0 Å². The van der Waals surface area contributed by atoms with Crippen LogP contribution < -0.4 is 0 Å². The average molecular weight is 304 g/mol. The summed E-state index contributed by atoms with van der Waals surface area (Å²) in [5.74, 6) is 5.19. The number of Topliss-reactive ketones (excluding diaryl/α,β-unsaturated/α-hetero) is 1. The summed E-state index contributed by atoms with van der Waals surface area (Å²) in [5, 5.41) is 0. The van der Waals surface area contributed by atoms with E-state index in [9.17, 15) is 4.79 Å². The van der Waals surface area contributed by atoms with Gasteiger partial charge in [-0.3, -0.25) is 4.79 Å². The Morgan fingerprint density at radius 2 is 1.83 bits per heavy atom. The van der Waals surface area contributed by atoms with Gasteiger partial charge < -0.3 is 4.74 Å². The van der Waals surface area contributed by atoms with Gasteiger partial charge in [0.2, 0.25) is 5.78 Å². The number of ketones is 1. The highest BCUT2D eigenvalue weighted by atomic mass is 16.5. The minimum atomic E-state index is -0.627. The molecule has 0 aromatic heterocycles. The molecule has 2 heteroatoms. The Hall–Kier alpha value is -2.63. The normalized spacial score (nSPS) is 12.6. The molecule has 0 N–H and O–H groups in total. The Balaban J connectivity index is 2.02. The average Bonchev–Trinajstić information content (AvgIpc) is 2.59. The van der Waals surface area contributed by atoms with Gasteiger partial charge in [-0.15, -0.1) is 0 Å². The number of hydrogen-bond acceptors (Lipinski definition) is 2. The van der Waals surface area contributed by atoms with E-state index in [1.807, 2.05) is 56.3 Å². The molecule has 2 nitrogen and oxygen atoms in total. The van der Waals surface area contributed by atoms with Gasteiger partial charge in [0.05, 0.1) is 0 Å². The van der Waals surface area contributed by atoms with Crippen molar-refractivity contribution >= 4 is 5.78 Å². The second kappa shape index (κ2) is 7.58. The van der Waals surface area contributed by atoms with E-state index in [0.29, 0.717) is 5.56 Å². The molecule has 0 saturated heterocycles. The van der Waals surface area contributed by atoms with Crippen LogP contribution in [0.5, 0.6) is 0 Å². The van der Waals surface area contributed by atoms with Crippen LogP contribution in [0.3, 0.4) is 0 Å². The molecule has 0 bridgehead atoms. The second-order valence-electron chi connectivity index (χ2n) is 5.46. The molecule has 0 saturated carbocycles. The molecule has 1 atom stereocenters. The van der Waals surface area contributed by atoms with Gasteiger partial charge in [-0.05, 0) is 25.3 Å². The van der Waals surface area contributed by atoms with E-state index < -0.39 is 5.60 Å². The van der Waals surface area contributed by atoms with E-state index in [1.54, 1.807) is 18.2 Å². The van der Waals surface area contributed by atoms with Gasteiger partial charge in [0.25, 0.3) is 0 Å². The summed E-state index contributed by atoms with van der Waals surface area (Å²) in [4.78, 5) is 11.9.